The fourth-order valence-electron chi connectivity index (χ4n) is 5.70. The van der Waals surface area contributed by atoms with Gasteiger partial charge in [-0.05, 0) is 55.9 Å². The number of piperidine rings is 1. The zero-order valence-corrected chi connectivity index (χ0v) is 20.7. The van der Waals surface area contributed by atoms with Crippen molar-refractivity contribution in [2.45, 2.75) is 57.3 Å². The lowest BCUT2D eigenvalue weighted by Gasteiger charge is -2.48. The normalized spacial score (nSPS) is 20.1. The molecule has 2 aliphatic rings. The van der Waals surface area contributed by atoms with Crippen LogP contribution >= 0.6 is 0 Å². The van der Waals surface area contributed by atoms with Crippen LogP contribution in [0, 0.1) is 0 Å². The quantitative estimate of drug-likeness (QED) is 0.504. The summed E-state index contributed by atoms with van der Waals surface area (Å²) in [6, 6.07) is 18.9. The van der Waals surface area contributed by atoms with Gasteiger partial charge in [0, 0.05) is 63.3 Å². The minimum Gasteiger partial charge on any atom is -0.375 e. The topological polar surface area (TPSA) is 50.6 Å². The summed E-state index contributed by atoms with van der Waals surface area (Å²) >= 11 is 0. The molecule has 0 radical (unpaired) electrons. The molecule has 0 bridgehead atoms. The van der Waals surface area contributed by atoms with E-state index in [0.717, 1.165) is 63.1 Å². The highest BCUT2D eigenvalue weighted by Gasteiger charge is 2.42. The lowest BCUT2D eigenvalue weighted by Crippen LogP contribution is -2.54. The van der Waals surface area contributed by atoms with Gasteiger partial charge in [0.1, 0.15) is 0 Å². The first kappa shape index (κ1) is 23.8. The van der Waals surface area contributed by atoms with Gasteiger partial charge in [0.05, 0.1) is 11.9 Å². The zero-order valence-electron chi connectivity index (χ0n) is 20.7. The maximum absolute atomic E-state index is 13.6. The minimum atomic E-state index is -0.104. The molecule has 1 aromatic heterocycles. The van der Waals surface area contributed by atoms with E-state index in [2.05, 4.69) is 58.1 Å². The first-order valence-electron chi connectivity index (χ1n) is 12.9. The molecule has 2 saturated heterocycles. The fraction of sp³-hybridized carbons (Fsp3) is 0.448. The third-order valence-corrected chi connectivity index (χ3v) is 7.62. The van der Waals surface area contributed by atoms with Gasteiger partial charge in [-0.1, -0.05) is 42.5 Å². The van der Waals surface area contributed by atoms with Gasteiger partial charge in [-0.15, -0.1) is 0 Å². The molecule has 2 aliphatic heterocycles. The number of hydrogen-bond donors (Lipinski definition) is 0. The average Bonchev–Trinajstić information content (AvgIpc) is 3.40. The van der Waals surface area contributed by atoms with Crippen LogP contribution in [0.25, 0.3) is 0 Å². The molecular weight excluding hydrogens is 436 g/mol. The first-order valence-corrected chi connectivity index (χ1v) is 12.9. The minimum absolute atomic E-state index is 0.104. The number of likely N-dealkylation sites (tertiary alicyclic amines) is 1. The summed E-state index contributed by atoms with van der Waals surface area (Å²) in [5.74, 6) is 0.128. The molecule has 1 spiro atoms. The summed E-state index contributed by atoms with van der Waals surface area (Å²) in [7, 11) is 0. The van der Waals surface area contributed by atoms with Crippen molar-refractivity contribution >= 4 is 5.91 Å². The molecule has 184 valence electrons. The van der Waals surface area contributed by atoms with E-state index in [-0.39, 0.29) is 17.6 Å². The summed E-state index contributed by atoms with van der Waals surface area (Å²) in [5, 5.41) is 0. The SMILES string of the molecule is CCN(C(=O)c1cccc(Cn2ccnc2)c1)[C@H]1CCOC2(CCN(Cc3ccccc3)CC2)C1. The Morgan fingerprint density at radius 1 is 1.09 bits per heavy atom. The van der Waals surface area contributed by atoms with Crippen molar-refractivity contribution in [2.24, 2.45) is 0 Å². The van der Waals surface area contributed by atoms with Crippen LogP contribution in [0.4, 0.5) is 0 Å². The number of nitrogens with zero attached hydrogens (tertiary/aromatic N) is 4. The molecular formula is C29H36N4O2. The summed E-state index contributed by atoms with van der Waals surface area (Å²) in [6.45, 7) is 7.33. The number of hydrogen-bond acceptors (Lipinski definition) is 4. The Morgan fingerprint density at radius 3 is 2.63 bits per heavy atom. The third-order valence-electron chi connectivity index (χ3n) is 7.62. The van der Waals surface area contributed by atoms with Crippen molar-refractivity contribution in [2.75, 3.05) is 26.2 Å². The molecule has 1 atom stereocenters. The van der Waals surface area contributed by atoms with Crippen LogP contribution in [0.15, 0.2) is 73.3 Å². The van der Waals surface area contributed by atoms with Crippen molar-refractivity contribution < 1.29 is 9.53 Å². The Hall–Kier alpha value is -2.96. The second-order valence-electron chi connectivity index (χ2n) is 9.97. The molecule has 6 heteroatoms. The molecule has 0 N–H and O–H groups in total. The van der Waals surface area contributed by atoms with E-state index < -0.39 is 0 Å². The van der Waals surface area contributed by atoms with Crippen LogP contribution in [-0.4, -0.2) is 63.1 Å². The summed E-state index contributed by atoms with van der Waals surface area (Å²) in [4.78, 5) is 22.3. The van der Waals surface area contributed by atoms with E-state index in [0.29, 0.717) is 13.1 Å². The lowest BCUT2D eigenvalue weighted by molar-refractivity contribution is -0.129. The maximum atomic E-state index is 13.6. The van der Waals surface area contributed by atoms with Crippen LogP contribution in [0.5, 0.6) is 0 Å². The predicted octanol–water partition coefficient (Wildman–Crippen LogP) is 4.61. The molecule has 0 saturated carbocycles. The third kappa shape index (κ3) is 5.65. The number of carbonyl (C=O) groups excluding carboxylic acids is 1. The number of rotatable bonds is 7. The van der Waals surface area contributed by atoms with Gasteiger partial charge in [0.15, 0.2) is 0 Å². The molecule has 2 fully saturated rings. The van der Waals surface area contributed by atoms with Crippen molar-refractivity contribution in [3.05, 3.63) is 90.0 Å². The molecule has 0 unspecified atom stereocenters. The summed E-state index contributed by atoms with van der Waals surface area (Å²) < 4.78 is 8.44. The highest BCUT2D eigenvalue weighted by atomic mass is 16.5. The number of benzene rings is 2. The lowest BCUT2D eigenvalue weighted by atomic mass is 9.81. The van der Waals surface area contributed by atoms with E-state index in [1.54, 1.807) is 12.5 Å². The Balaban J connectivity index is 1.22. The maximum Gasteiger partial charge on any atom is 0.254 e. The summed E-state index contributed by atoms with van der Waals surface area (Å²) in [6.07, 6.45) is 9.43. The monoisotopic (exact) mass is 472 g/mol. The van der Waals surface area contributed by atoms with E-state index in [9.17, 15) is 4.79 Å². The first-order chi connectivity index (χ1) is 17.1. The van der Waals surface area contributed by atoms with Crippen molar-refractivity contribution in [1.29, 1.82) is 0 Å². The van der Waals surface area contributed by atoms with Gasteiger partial charge < -0.3 is 14.2 Å². The molecule has 3 heterocycles. The van der Waals surface area contributed by atoms with Crippen LogP contribution in [-0.2, 0) is 17.8 Å². The second-order valence-corrected chi connectivity index (χ2v) is 9.97. The smallest absolute Gasteiger partial charge is 0.254 e. The van der Waals surface area contributed by atoms with Crippen LogP contribution < -0.4 is 0 Å². The number of ether oxygens (including phenoxy) is 1. The standard InChI is InChI=1S/C29H36N4O2/c1-2-33(28(34)26-10-6-9-25(19-26)22-32-17-14-30-23-32)27-11-18-35-29(20-27)12-15-31(16-13-29)21-24-7-4-3-5-8-24/h3-10,14,17,19,23,27H,2,11-13,15-16,18,20-22H2,1H3/t27-/m0/s1. The average molecular weight is 473 g/mol. The largest absolute Gasteiger partial charge is 0.375 e. The van der Waals surface area contributed by atoms with E-state index in [1.807, 2.05) is 29.0 Å². The molecule has 3 aromatic rings. The molecule has 0 aliphatic carbocycles. The number of imidazole rings is 1. The molecule has 1 amide bonds. The fourth-order valence-corrected chi connectivity index (χ4v) is 5.70. The van der Waals surface area contributed by atoms with Gasteiger partial charge in [-0.3, -0.25) is 9.69 Å². The van der Waals surface area contributed by atoms with Crippen LogP contribution in [0.2, 0.25) is 0 Å². The van der Waals surface area contributed by atoms with Gasteiger partial charge in [0.25, 0.3) is 5.91 Å². The number of amides is 1. The molecule has 6 nitrogen and oxygen atoms in total. The molecule has 2 aromatic carbocycles. The Kier molecular flexibility index (Phi) is 7.30. The van der Waals surface area contributed by atoms with Crippen molar-refractivity contribution in [1.82, 2.24) is 19.4 Å². The van der Waals surface area contributed by atoms with E-state index in [1.165, 1.54) is 5.56 Å². The highest BCUT2D eigenvalue weighted by Crippen LogP contribution is 2.37. The van der Waals surface area contributed by atoms with Crippen molar-refractivity contribution in [3.63, 3.8) is 0 Å². The zero-order chi connectivity index (χ0) is 24.1. The van der Waals surface area contributed by atoms with Gasteiger partial charge in [-0.2, -0.15) is 0 Å². The van der Waals surface area contributed by atoms with Gasteiger partial charge >= 0.3 is 0 Å². The highest BCUT2D eigenvalue weighted by molar-refractivity contribution is 5.94. The van der Waals surface area contributed by atoms with E-state index >= 15 is 0 Å². The number of aromatic nitrogens is 2. The second kappa shape index (κ2) is 10.8. The van der Waals surface area contributed by atoms with Crippen LogP contribution in [0.1, 0.15) is 54.1 Å². The Morgan fingerprint density at radius 2 is 1.89 bits per heavy atom. The molecule has 35 heavy (non-hydrogen) atoms. The molecule has 5 rings (SSSR count). The van der Waals surface area contributed by atoms with Gasteiger partial charge in [-0.25, -0.2) is 4.98 Å². The van der Waals surface area contributed by atoms with Crippen molar-refractivity contribution in [3.8, 4) is 0 Å². The van der Waals surface area contributed by atoms with Gasteiger partial charge in [0.2, 0.25) is 0 Å². The Labute approximate surface area is 208 Å². The van der Waals surface area contributed by atoms with E-state index in [4.69, 9.17) is 4.74 Å². The Bertz CT molecular complexity index is 1090. The van der Waals surface area contributed by atoms with Crippen LogP contribution in [0.3, 0.4) is 0 Å². The summed E-state index contributed by atoms with van der Waals surface area (Å²) in [5.41, 5.74) is 3.14. The predicted molar refractivity (Wildman–Crippen MR) is 137 cm³/mol. The number of carbonyl (C=O) groups is 1.